The first-order valence-electron chi connectivity index (χ1n) is 6.93. The molecule has 0 spiro atoms. The Balaban J connectivity index is 4.70. The van der Waals surface area contributed by atoms with Gasteiger partial charge in [-0.25, -0.2) is 0 Å². The lowest BCUT2D eigenvalue weighted by Crippen LogP contribution is -2.44. The molecule has 0 aromatic heterocycles. The second-order valence-corrected chi connectivity index (χ2v) is 6.24. The summed E-state index contributed by atoms with van der Waals surface area (Å²) in [4.78, 5) is 25.6. The fourth-order valence-electron chi connectivity index (χ4n) is 2.35. The predicted octanol–water partition coefficient (Wildman–Crippen LogP) is 3.13. The Hall–Kier alpha value is -0.860. The quantitative estimate of drug-likeness (QED) is 0.701. The van der Waals surface area contributed by atoms with Crippen LogP contribution in [0.15, 0.2) is 0 Å². The van der Waals surface area contributed by atoms with Gasteiger partial charge in [-0.05, 0) is 31.6 Å². The molecule has 0 aliphatic heterocycles. The van der Waals surface area contributed by atoms with Crippen LogP contribution in [0.5, 0.6) is 0 Å². The SMILES string of the molecule is CC(=O)C(CC(C)C)N(C)C(=O)[C@@H](C)CC(C)C. The van der Waals surface area contributed by atoms with Gasteiger partial charge in [-0.3, -0.25) is 9.59 Å². The summed E-state index contributed by atoms with van der Waals surface area (Å²) in [5.41, 5.74) is 0. The molecule has 0 saturated carbocycles. The number of likely N-dealkylation sites (N-methyl/N-ethyl adjacent to an activating group) is 1. The van der Waals surface area contributed by atoms with Crippen LogP contribution in [-0.2, 0) is 9.59 Å². The molecule has 0 aliphatic carbocycles. The van der Waals surface area contributed by atoms with Crippen molar-refractivity contribution in [1.29, 1.82) is 0 Å². The van der Waals surface area contributed by atoms with E-state index in [1.165, 1.54) is 0 Å². The largest absolute Gasteiger partial charge is 0.335 e. The van der Waals surface area contributed by atoms with Crippen LogP contribution in [0.25, 0.3) is 0 Å². The van der Waals surface area contributed by atoms with E-state index in [1.807, 2.05) is 6.92 Å². The average molecular weight is 255 g/mol. The highest BCUT2D eigenvalue weighted by Crippen LogP contribution is 2.18. The normalized spacial score (nSPS) is 14.7. The molecule has 1 unspecified atom stereocenters. The van der Waals surface area contributed by atoms with Gasteiger partial charge in [-0.2, -0.15) is 0 Å². The van der Waals surface area contributed by atoms with Gasteiger partial charge in [0.25, 0.3) is 0 Å². The van der Waals surface area contributed by atoms with Crippen molar-refractivity contribution < 1.29 is 9.59 Å². The molecule has 0 N–H and O–H groups in total. The summed E-state index contributed by atoms with van der Waals surface area (Å²) < 4.78 is 0. The van der Waals surface area contributed by atoms with E-state index in [-0.39, 0.29) is 23.7 Å². The van der Waals surface area contributed by atoms with Crippen molar-refractivity contribution >= 4 is 11.7 Å². The number of nitrogens with zero attached hydrogens (tertiary/aromatic N) is 1. The third-order valence-electron chi connectivity index (χ3n) is 3.23. The van der Waals surface area contributed by atoms with Crippen LogP contribution in [0.1, 0.15) is 54.4 Å². The van der Waals surface area contributed by atoms with Crippen LogP contribution < -0.4 is 0 Å². The van der Waals surface area contributed by atoms with E-state index in [2.05, 4.69) is 27.7 Å². The molecule has 2 atom stereocenters. The second-order valence-electron chi connectivity index (χ2n) is 6.24. The van der Waals surface area contributed by atoms with Crippen molar-refractivity contribution in [3.05, 3.63) is 0 Å². The molecule has 0 aromatic carbocycles. The minimum absolute atomic E-state index is 0.0102. The number of Topliss-reactive ketones (excluding diaryl/α,β-unsaturated/α-hetero) is 1. The minimum atomic E-state index is -0.271. The van der Waals surface area contributed by atoms with E-state index in [1.54, 1.807) is 18.9 Å². The first kappa shape index (κ1) is 17.1. The molecule has 0 heterocycles. The van der Waals surface area contributed by atoms with Crippen LogP contribution in [0.4, 0.5) is 0 Å². The van der Waals surface area contributed by atoms with Gasteiger partial charge in [-0.1, -0.05) is 34.6 Å². The molecule has 0 fully saturated rings. The summed E-state index contributed by atoms with van der Waals surface area (Å²) in [5.74, 6) is 1.07. The second kappa shape index (κ2) is 7.55. The minimum Gasteiger partial charge on any atom is -0.335 e. The summed E-state index contributed by atoms with van der Waals surface area (Å²) in [5, 5.41) is 0. The highest BCUT2D eigenvalue weighted by Gasteiger charge is 2.27. The summed E-state index contributed by atoms with van der Waals surface area (Å²) >= 11 is 0. The maximum absolute atomic E-state index is 12.3. The standard InChI is InChI=1S/C15H29NO2/c1-10(2)8-12(5)15(18)16(7)14(13(6)17)9-11(3)4/h10-12,14H,8-9H2,1-7H3/t12-,14?/m0/s1. The van der Waals surface area contributed by atoms with E-state index in [0.717, 1.165) is 12.8 Å². The Kier molecular flexibility index (Phi) is 7.19. The van der Waals surface area contributed by atoms with E-state index in [9.17, 15) is 9.59 Å². The van der Waals surface area contributed by atoms with E-state index >= 15 is 0 Å². The number of rotatable bonds is 7. The zero-order chi connectivity index (χ0) is 14.5. The van der Waals surface area contributed by atoms with Gasteiger partial charge < -0.3 is 4.90 Å². The van der Waals surface area contributed by atoms with Crippen LogP contribution in [0.2, 0.25) is 0 Å². The Labute approximate surface area is 112 Å². The van der Waals surface area contributed by atoms with Crippen molar-refractivity contribution in [1.82, 2.24) is 4.90 Å². The van der Waals surface area contributed by atoms with Crippen LogP contribution >= 0.6 is 0 Å². The third-order valence-corrected chi connectivity index (χ3v) is 3.23. The molecule has 3 heteroatoms. The highest BCUT2D eigenvalue weighted by atomic mass is 16.2. The van der Waals surface area contributed by atoms with Gasteiger partial charge >= 0.3 is 0 Å². The van der Waals surface area contributed by atoms with Crippen LogP contribution in [0, 0.1) is 17.8 Å². The molecular weight excluding hydrogens is 226 g/mol. The first-order chi connectivity index (χ1) is 8.16. The maximum atomic E-state index is 12.3. The van der Waals surface area contributed by atoms with Gasteiger partial charge in [0.15, 0.2) is 5.78 Å². The molecule has 18 heavy (non-hydrogen) atoms. The smallest absolute Gasteiger partial charge is 0.225 e. The van der Waals surface area contributed by atoms with Gasteiger partial charge in [0.05, 0.1) is 6.04 Å². The Morgan fingerprint density at radius 3 is 1.72 bits per heavy atom. The van der Waals surface area contributed by atoms with Crippen molar-refractivity contribution in [3.8, 4) is 0 Å². The molecule has 0 radical (unpaired) electrons. The number of hydrogen-bond acceptors (Lipinski definition) is 2. The average Bonchev–Trinajstić information content (AvgIpc) is 2.22. The van der Waals surface area contributed by atoms with Crippen LogP contribution in [0.3, 0.4) is 0 Å². The molecule has 0 rings (SSSR count). The fourth-order valence-corrected chi connectivity index (χ4v) is 2.35. The summed E-state index contributed by atoms with van der Waals surface area (Å²) in [6.07, 6.45) is 1.61. The topological polar surface area (TPSA) is 37.4 Å². The molecule has 3 nitrogen and oxygen atoms in total. The van der Waals surface area contributed by atoms with Gasteiger partial charge in [0.1, 0.15) is 0 Å². The van der Waals surface area contributed by atoms with Crippen molar-refractivity contribution in [2.45, 2.75) is 60.4 Å². The molecule has 0 saturated heterocycles. The predicted molar refractivity (Wildman–Crippen MR) is 75.3 cm³/mol. The van der Waals surface area contributed by atoms with E-state index in [4.69, 9.17) is 0 Å². The van der Waals surface area contributed by atoms with Gasteiger partial charge in [0, 0.05) is 13.0 Å². The highest BCUT2D eigenvalue weighted by molar-refractivity contribution is 5.88. The Bertz CT molecular complexity index is 284. The maximum Gasteiger partial charge on any atom is 0.225 e. The lowest BCUT2D eigenvalue weighted by Gasteiger charge is -2.30. The molecular formula is C15H29NO2. The van der Waals surface area contributed by atoms with E-state index in [0.29, 0.717) is 11.8 Å². The van der Waals surface area contributed by atoms with Gasteiger partial charge in [0.2, 0.25) is 5.91 Å². The number of carbonyl (C=O) groups is 2. The fraction of sp³-hybridized carbons (Fsp3) is 0.867. The van der Waals surface area contributed by atoms with Gasteiger partial charge in [-0.15, -0.1) is 0 Å². The first-order valence-corrected chi connectivity index (χ1v) is 6.93. The number of ketones is 1. The molecule has 106 valence electrons. The number of carbonyl (C=O) groups excluding carboxylic acids is 2. The Morgan fingerprint density at radius 2 is 1.39 bits per heavy atom. The molecule has 1 amide bonds. The third kappa shape index (κ3) is 5.65. The summed E-state index contributed by atoms with van der Waals surface area (Å²) in [7, 11) is 1.76. The Morgan fingerprint density at radius 1 is 0.944 bits per heavy atom. The zero-order valence-electron chi connectivity index (χ0n) is 13.0. The van der Waals surface area contributed by atoms with Crippen molar-refractivity contribution in [2.75, 3.05) is 7.05 Å². The summed E-state index contributed by atoms with van der Waals surface area (Å²) in [6.45, 7) is 11.9. The number of hydrogen-bond donors (Lipinski definition) is 0. The molecule has 0 aliphatic rings. The monoisotopic (exact) mass is 255 g/mol. The van der Waals surface area contributed by atoms with Crippen molar-refractivity contribution in [2.24, 2.45) is 17.8 Å². The lowest BCUT2D eigenvalue weighted by molar-refractivity contribution is -0.141. The zero-order valence-corrected chi connectivity index (χ0v) is 13.0. The van der Waals surface area contributed by atoms with Crippen LogP contribution in [-0.4, -0.2) is 29.7 Å². The van der Waals surface area contributed by atoms with E-state index < -0.39 is 0 Å². The molecule has 0 bridgehead atoms. The number of amides is 1. The molecule has 0 aromatic rings. The van der Waals surface area contributed by atoms with Crippen molar-refractivity contribution in [3.63, 3.8) is 0 Å². The summed E-state index contributed by atoms with van der Waals surface area (Å²) in [6, 6.07) is -0.271. The lowest BCUT2D eigenvalue weighted by atomic mass is 9.95.